The van der Waals surface area contributed by atoms with Crippen LogP contribution in [0, 0.1) is 6.92 Å². The first kappa shape index (κ1) is 16.8. The molecule has 2 rings (SSSR count). The van der Waals surface area contributed by atoms with Crippen LogP contribution in [0.1, 0.15) is 12.5 Å². The molecule has 122 valence electrons. The van der Waals surface area contributed by atoms with Crippen molar-refractivity contribution in [2.45, 2.75) is 18.7 Å². The minimum absolute atomic E-state index is 0.0649. The minimum atomic E-state index is -4.00. The van der Waals surface area contributed by atoms with E-state index in [-0.39, 0.29) is 22.3 Å². The number of carbonyl (C=O) groups is 1. The molecular weight excluding hydrogens is 318 g/mol. The highest BCUT2D eigenvalue weighted by molar-refractivity contribution is 7.87. The summed E-state index contributed by atoms with van der Waals surface area (Å²) in [5, 5.41) is 2.56. The molecule has 0 bridgehead atoms. The molecule has 2 aromatic carbocycles. The van der Waals surface area contributed by atoms with Gasteiger partial charge in [-0.15, -0.1) is 0 Å². The smallest absolute Gasteiger partial charge is 0.339 e. The SMILES string of the molecule is COc1cc(S(=O)(=O)Oc2cccc(C)c2)ccc1NC(C)=O. The molecule has 7 heteroatoms. The van der Waals surface area contributed by atoms with Gasteiger partial charge in [-0.2, -0.15) is 8.42 Å². The van der Waals surface area contributed by atoms with Crippen LogP contribution < -0.4 is 14.2 Å². The zero-order chi connectivity index (χ0) is 17.0. The van der Waals surface area contributed by atoms with Crippen LogP contribution in [0.25, 0.3) is 0 Å². The topological polar surface area (TPSA) is 81.7 Å². The Balaban J connectivity index is 2.34. The Labute approximate surface area is 135 Å². The molecule has 0 aromatic heterocycles. The van der Waals surface area contributed by atoms with Gasteiger partial charge in [0.25, 0.3) is 0 Å². The van der Waals surface area contributed by atoms with Gasteiger partial charge in [0.15, 0.2) is 0 Å². The van der Waals surface area contributed by atoms with Gasteiger partial charge in [0, 0.05) is 13.0 Å². The maximum absolute atomic E-state index is 12.3. The third kappa shape index (κ3) is 4.23. The van der Waals surface area contributed by atoms with Crippen molar-refractivity contribution in [3.8, 4) is 11.5 Å². The number of aryl methyl sites for hydroxylation is 1. The van der Waals surface area contributed by atoms with Crippen molar-refractivity contribution in [1.29, 1.82) is 0 Å². The minimum Gasteiger partial charge on any atom is -0.495 e. The zero-order valence-electron chi connectivity index (χ0n) is 13.0. The van der Waals surface area contributed by atoms with Gasteiger partial charge >= 0.3 is 10.1 Å². The molecule has 1 N–H and O–H groups in total. The average Bonchev–Trinajstić information content (AvgIpc) is 2.46. The number of amides is 1. The summed E-state index contributed by atoms with van der Waals surface area (Å²) in [5.41, 5.74) is 1.27. The molecule has 6 nitrogen and oxygen atoms in total. The Morgan fingerprint density at radius 1 is 1.13 bits per heavy atom. The summed E-state index contributed by atoms with van der Waals surface area (Å²) in [6.07, 6.45) is 0. The van der Waals surface area contributed by atoms with Crippen LogP contribution in [0.3, 0.4) is 0 Å². The maximum atomic E-state index is 12.3. The Bertz CT molecular complexity index is 830. The fourth-order valence-corrected chi connectivity index (χ4v) is 2.90. The number of methoxy groups -OCH3 is 1. The summed E-state index contributed by atoms with van der Waals surface area (Å²) in [5.74, 6) is 0.180. The Kier molecular flexibility index (Phi) is 4.90. The summed E-state index contributed by atoms with van der Waals surface area (Å²) in [6, 6.07) is 10.8. The highest BCUT2D eigenvalue weighted by atomic mass is 32.2. The van der Waals surface area contributed by atoms with Gasteiger partial charge in [-0.3, -0.25) is 4.79 Å². The summed E-state index contributed by atoms with van der Waals surface area (Å²) >= 11 is 0. The van der Waals surface area contributed by atoms with Crippen LogP contribution in [-0.2, 0) is 14.9 Å². The summed E-state index contributed by atoms with van der Waals surface area (Å²) in [7, 11) is -2.61. The predicted molar refractivity (Wildman–Crippen MR) is 86.3 cm³/mol. The van der Waals surface area contributed by atoms with Crippen molar-refractivity contribution >= 4 is 21.7 Å². The fraction of sp³-hybridized carbons (Fsp3) is 0.188. The number of ether oxygens (including phenoxy) is 1. The van der Waals surface area contributed by atoms with Gasteiger partial charge in [-0.25, -0.2) is 0 Å². The van der Waals surface area contributed by atoms with Crippen LogP contribution in [0.4, 0.5) is 5.69 Å². The highest BCUT2D eigenvalue weighted by Crippen LogP contribution is 2.29. The summed E-state index contributed by atoms with van der Waals surface area (Å²) < 4.78 is 34.9. The van der Waals surface area contributed by atoms with E-state index in [9.17, 15) is 13.2 Å². The van der Waals surface area contributed by atoms with Crippen molar-refractivity contribution in [2.75, 3.05) is 12.4 Å². The molecule has 0 fully saturated rings. The monoisotopic (exact) mass is 335 g/mol. The molecule has 0 heterocycles. The number of hydrogen-bond acceptors (Lipinski definition) is 5. The van der Waals surface area contributed by atoms with E-state index in [1.807, 2.05) is 13.0 Å². The third-order valence-corrected chi connectivity index (χ3v) is 4.21. The molecule has 0 unspecified atom stereocenters. The lowest BCUT2D eigenvalue weighted by atomic mass is 10.2. The van der Waals surface area contributed by atoms with E-state index in [2.05, 4.69) is 5.32 Å². The summed E-state index contributed by atoms with van der Waals surface area (Å²) in [6.45, 7) is 3.19. The number of rotatable bonds is 5. The number of nitrogens with one attached hydrogen (secondary N) is 1. The largest absolute Gasteiger partial charge is 0.495 e. The predicted octanol–water partition coefficient (Wildman–Crippen LogP) is 2.73. The molecule has 0 radical (unpaired) electrons. The van der Waals surface area contributed by atoms with Gasteiger partial charge < -0.3 is 14.2 Å². The van der Waals surface area contributed by atoms with Crippen LogP contribution in [-0.4, -0.2) is 21.4 Å². The van der Waals surface area contributed by atoms with Crippen molar-refractivity contribution < 1.29 is 22.1 Å². The number of hydrogen-bond donors (Lipinski definition) is 1. The normalized spacial score (nSPS) is 10.9. The highest BCUT2D eigenvalue weighted by Gasteiger charge is 2.19. The lowest BCUT2D eigenvalue weighted by Gasteiger charge is -2.12. The molecule has 1 amide bonds. The van der Waals surface area contributed by atoms with Crippen molar-refractivity contribution in [3.63, 3.8) is 0 Å². The fourth-order valence-electron chi connectivity index (χ4n) is 1.96. The zero-order valence-corrected chi connectivity index (χ0v) is 13.8. The average molecular weight is 335 g/mol. The van der Waals surface area contributed by atoms with Crippen molar-refractivity contribution in [2.24, 2.45) is 0 Å². The second-order valence-electron chi connectivity index (χ2n) is 4.90. The molecule has 0 aliphatic carbocycles. The van der Waals surface area contributed by atoms with Gasteiger partial charge in [0.1, 0.15) is 16.4 Å². The molecule has 0 aliphatic rings. The molecule has 2 aromatic rings. The molecule has 23 heavy (non-hydrogen) atoms. The second kappa shape index (κ2) is 6.70. The van der Waals surface area contributed by atoms with E-state index in [1.54, 1.807) is 18.2 Å². The lowest BCUT2D eigenvalue weighted by Crippen LogP contribution is -2.11. The first-order valence-corrected chi connectivity index (χ1v) is 8.19. The first-order chi connectivity index (χ1) is 10.8. The molecule has 0 spiro atoms. The molecule has 0 saturated carbocycles. The molecule has 0 saturated heterocycles. The van der Waals surface area contributed by atoms with E-state index in [0.717, 1.165) is 5.56 Å². The molecule has 0 aliphatic heterocycles. The van der Waals surface area contributed by atoms with Crippen LogP contribution in [0.15, 0.2) is 47.4 Å². The standard InChI is InChI=1S/C16H17NO5S/c1-11-5-4-6-13(9-11)22-23(19,20)14-7-8-15(17-12(2)18)16(10-14)21-3/h4-10H,1-3H3,(H,17,18). The molecule has 0 atom stereocenters. The number of carbonyl (C=O) groups excluding carboxylic acids is 1. The second-order valence-corrected chi connectivity index (χ2v) is 6.44. The van der Waals surface area contributed by atoms with Gasteiger partial charge in [-0.1, -0.05) is 12.1 Å². The Hall–Kier alpha value is -2.54. The lowest BCUT2D eigenvalue weighted by molar-refractivity contribution is -0.114. The van der Waals surface area contributed by atoms with Crippen molar-refractivity contribution in [1.82, 2.24) is 0 Å². The van der Waals surface area contributed by atoms with E-state index in [0.29, 0.717) is 5.69 Å². The van der Waals surface area contributed by atoms with Crippen LogP contribution in [0.2, 0.25) is 0 Å². The van der Waals surface area contributed by atoms with Crippen LogP contribution >= 0.6 is 0 Å². The van der Waals surface area contributed by atoms with E-state index in [4.69, 9.17) is 8.92 Å². The first-order valence-electron chi connectivity index (χ1n) is 6.78. The maximum Gasteiger partial charge on any atom is 0.339 e. The summed E-state index contributed by atoms with van der Waals surface area (Å²) in [4.78, 5) is 11.1. The number of anilines is 1. The quantitative estimate of drug-likeness (QED) is 0.850. The van der Waals surface area contributed by atoms with Gasteiger partial charge in [0.05, 0.1) is 12.8 Å². The van der Waals surface area contributed by atoms with E-state index < -0.39 is 10.1 Å². The van der Waals surface area contributed by atoms with Gasteiger partial charge in [0.2, 0.25) is 5.91 Å². The third-order valence-electron chi connectivity index (χ3n) is 2.97. The molecular formula is C16H17NO5S. The number of benzene rings is 2. The van der Waals surface area contributed by atoms with E-state index in [1.165, 1.54) is 32.2 Å². The van der Waals surface area contributed by atoms with Crippen LogP contribution in [0.5, 0.6) is 11.5 Å². The Morgan fingerprint density at radius 2 is 1.87 bits per heavy atom. The van der Waals surface area contributed by atoms with E-state index >= 15 is 0 Å². The Morgan fingerprint density at radius 3 is 2.48 bits per heavy atom. The van der Waals surface area contributed by atoms with Crippen molar-refractivity contribution in [3.05, 3.63) is 48.0 Å². The van der Waals surface area contributed by atoms with Gasteiger partial charge in [-0.05, 0) is 36.8 Å².